The number of benzene rings is 2. The molecule has 9 nitrogen and oxygen atoms in total. The van der Waals surface area contributed by atoms with Crippen LogP contribution in [0.2, 0.25) is 0 Å². The molecule has 0 aromatic heterocycles. The largest absolute Gasteiger partial charge is 0.460 e. The van der Waals surface area contributed by atoms with E-state index in [-0.39, 0.29) is 28.3 Å². The molecular formula is C16H13N3O6S. The van der Waals surface area contributed by atoms with Gasteiger partial charge in [0.2, 0.25) is 10.0 Å². The van der Waals surface area contributed by atoms with Gasteiger partial charge < -0.3 is 4.74 Å². The highest BCUT2D eigenvalue weighted by Gasteiger charge is 2.20. The minimum absolute atomic E-state index is 0.0618. The third-order valence-electron chi connectivity index (χ3n) is 3.28. The van der Waals surface area contributed by atoms with Crippen molar-refractivity contribution in [3.63, 3.8) is 0 Å². The maximum absolute atomic E-state index is 12.2. The van der Waals surface area contributed by atoms with Crippen LogP contribution in [0.4, 0.5) is 5.69 Å². The van der Waals surface area contributed by atoms with Gasteiger partial charge in [-0.2, -0.15) is 9.98 Å². The number of carbonyl (C=O) groups excluding carboxylic acids is 1. The van der Waals surface area contributed by atoms with E-state index in [1.54, 1.807) is 12.1 Å². The number of nitrogens with zero attached hydrogens (tertiary/aromatic N) is 2. The smallest absolute Gasteiger partial charge is 0.321 e. The summed E-state index contributed by atoms with van der Waals surface area (Å²) in [5, 5.41) is 19.8. The number of nitrogens with one attached hydrogen (secondary N) is 1. The summed E-state index contributed by atoms with van der Waals surface area (Å²) < 4.78 is 31.3. The Kier molecular flexibility index (Phi) is 6.00. The average molecular weight is 375 g/mol. The van der Waals surface area contributed by atoms with Crippen molar-refractivity contribution in [1.82, 2.24) is 4.72 Å². The number of nitro groups is 1. The van der Waals surface area contributed by atoms with Crippen LogP contribution in [-0.2, 0) is 26.2 Å². The fourth-order valence-corrected chi connectivity index (χ4v) is 3.17. The Hall–Kier alpha value is -3.29. The van der Waals surface area contributed by atoms with Crippen molar-refractivity contribution in [3.8, 4) is 6.07 Å². The average Bonchev–Trinajstić information content (AvgIpc) is 2.64. The van der Waals surface area contributed by atoms with Gasteiger partial charge in [-0.05, 0) is 18.2 Å². The summed E-state index contributed by atoms with van der Waals surface area (Å²) in [5.41, 5.74) is -0.0827. The van der Waals surface area contributed by atoms with Crippen molar-refractivity contribution >= 4 is 21.7 Å². The maximum Gasteiger partial charge on any atom is 0.321 e. The van der Waals surface area contributed by atoms with Gasteiger partial charge in [0.1, 0.15) is 19.2 Å². The molecule has 0 saturated heterocycles. The van der Waals surface area contributed by atoms with Gasteiger partial charge in [-0.15, -0.1) is 0 Å². The first-order valence-electron chi connectivity index (χ1n) is 7.22. The lowest BCUT2D eigenvalue weighted by Gasteiger charge is -2.08. The second-order valence-corrected chi connectivity index (χ2v) is 6.71. The molecule has 1 N–H and O–H groups in total. The first-order valence-corrected chi connectivity index (χ1v) is 8.70. The maximum atomic E-state index is 12.2. The minimum atomic E-state index is -4.08. The normalized spacial score (nSPS) is 10.7. The molecule has 0 amide bonds. The molecule has 2 aromatic carbocycles. The molecular weight excluding hydrogens is 362 g/mol. The van der Waals surface area contributed by atoms with Crippen LogP contribution in [0.25, 0.3) is 0 Å². The Balaban J connectivity index is 1.99. The lowest BCUT2D eigenvalue weighted by Crippen LogP contribution is -2.31. The molecule has 2 aromatic rings. The summed E-state index contributed by atoms with van der Waals surface area (Å²) in [7, 11) is -4.08. The van der Waals surface area contributed by atoms with E-state index >= 15 is 0 Å². The van der Waals surface area contributed by atoms with E-state index in [2.05, 4.69) is 0 Å². The van der Waals surface area contributed by atoms with Crippen molar-refractivity contribution < 1.29 is 22.9 Å². The monoisotopic (exact) mass is 375 g/mol. The summed E-state index contributed by atoms with van der Waals surface area (Å²) >= 11 is 0. The predicted octanol–water partition coefficient (Wildman–Crippen LogP) is 1.49. The molecule has 0 radical (unpaired) electrons. The van der Waals surface area contributed by atoms with Crippen molar-refractivity contribution in [2.45, 2.75) is 11.5 Å². The predicted molar refractivity (Wildman–Crippen MR) is 89.2 cm³/mol. The molecule has 0 heterocycles. The van der Waals surface area contributed by atoms with Crippen LogP contribution in [0.1, 0.15) is 11.1 Å². The zero-order valence-corrected chi connectivity index (χ0v) is 14.1. The molecule has 134 valence electrons. The molecule has 0 aliphatic heterocycles. The van der Waals surface area contributed by atoms with Crippen molar-refractivity contribution in [2.24, 2.45) is 0 Å². The first-order chi connectivity index (χ1) is 12.3. The van der Waals surface area contributed by atoms with E-state index in [4.69, 9.17) is 10.00 Å². The third kappa shape index (κ3) is 4.62. The molecule has 0 unspecified atom stereocenters. The van der Waals surface area contributed by atoms with Gasteiger partial charge in [0.15, 0.2) is 0 Å². The third-order valence-corrected chi connectivity index (χ3v) is 4.74. The van der Waals surface area contributed by atoms with Crippen LogP contribution in [0.3, 0.4) is 0 Å². The molecule has 10 heteroatoms. The van der Waals surface area contributed by atoms with Crippen LogP contribution in [0.15, 0.2) is 53.4 Å². The van der Waals surface area contributed by atoms with Gasteiger partial charge in [-0.1, -0.05) is 24.3 Å². The van der Waals surface area contributed by atoms with Crippen LogP contribution in [0.5, 0.6) is 0 Å². The number of carbonyl (C=O) groups is 1. The number of rotatable bonds is 7. The van der Waals surface area contributed by atoms with Crippen LogP contribution >= 0.6 is 0 Å². The summed E-state index contributed by atoms with van der Waals surface area (Å²) in [5.74, 6) is -0.916. The molecule has 0 bridgehead atoms. The summed E-state index contributed by atoms with van der Waals surface area (Å²) in [4.78, 5) is 21.8. The molecule has 0 spiro atoms. The topological polar surface area (TPSA) is 139 Å². The number of ether oxygens (including phenoxy) is 1. The molecule has 0 atom stereocenters. The standard InChI is InChI=1S/C16H13N3O6S/c17-9-12-5-2-4-8-15(12)26(23,24)18-10-16(20)25-11-13-6-1-3-7-14(13)19(21)22/h1-8,18H,10-11H2. The van der Waals surface area contributed by atoms with E-state index in [1.807, 2.05) is 4.72 Å². The van der Waals surface area contributed by atoms with Crippen LogP contribution < -0.4 is 4.72 Å². The van der Waals surface area contributed by atoms with Crippen molar-refractivity contribution in [1.29, 1.82) is 5.26 Å². The molecule has 0 aliphatic rings. The second kappa shape index (κ2) is 8.19. The van der Waals surface area contributed by atoms with E-state index in [0.717, 1.165) is 0 Å². The van der Waals surface area contributed by atoms with Crippen LogP contribution in [0, 0.1) is 21.4 Å². The lowest BCUT2D eigenvalue weighted by molar-refractivity contribution is -0.385. The van der Waals surface area contributed by atoms with E-state index < -0.39 is 27.5 Å². The number of nitro benzene ring substituents is 1. The van der Waals surface area contributed by atoms with Gasteiger partial charge in [-0.25, -0.2) is 8.42 Å². The number of sulfonamides is 1. The number of hydrogen-bond donors (Lipinski definition) is 1. The highest BCUT2D eigenvalue weighted by atomic mass is 32.2. The van der Waals surface area contributed by atoms with Gasteiger partial charge in [0.05, 0.1) is 20.9 Å². The fraction of sp³-hybridized carbons (Fsp3) is 0.125. The Morgan fingerprint density at radius 2 is 1.85 bits per heavy atom. The summed E-state index contributed by atoms with van der Waals surface area (Å²) in [6, 6.07) is 13.0. The molecule has 0 fully saturated rings. The molecule has 2 rings (SSSR count). The van der Waals surface area contributed by atoms with Gasteiger partial charge >= 0.3 is 5.97 Å². The zero-order chi connectivity index (χ0) is 19.2. The Labute approximate surface area is 149 Å². The van der Waals surface area contributed by atoms with Gasteiger partial charge in [-0.3, -0.25) is 14.9 Å². The summed E-state index contributed by atoms with van der Waals surface area (Å²) in [6.07, 6.45) is 0. The highest BCUT2D eigenvalue weighted by molar-refractivity contribution is 7.89. The SMILES string of the molecule is N#Cc1ccccc1S(=O)(=O)NCC(=O)OCc1ccccc1[N+](=O)[O-]. The van der Waals surface area contributed by atoms with Crippen molar-refractivity contribution in [3.05, 3.63) is 69.8 Å². The van der Waals surface area contributed by atoms with Gasteiger partial charge in [0, 0.05) is 6.07 Å². The van der Waals surface area contributed by atoms with E-state index in [0.29, 0.717) is 0 Å². The number of hydrogen-bond acceptors (Lipinski definition) is 7. The first kappa shape index (κ1) is 19.0. The van der Waals surface area contributed by atoms with Crippen LogP contribution in [-0.4, -0.2) is 25.9 Å². The van der Waals surface area contributed by atoms with E-state index in [1.165, 1.54) is 42.5 Å². The Morgan fingerprint density at radius 1 is 1.19 bits per heavy atom. The van der Waals surface area contributed by atoms with Crippen molar-refractivity contribution in [2.75, 3.05) is 6.54 Å². The quantitative estimate of drug-likeness (QED) is 0.439. The zero-order valence-electron chi connectivity index (χ0n) is 13.3. The number of esters is 1. The number of nitriles is 1. The summed E-state index contributed by atoms with van der Waals surface area (Å²) in [6.45, 7) is -1.05. The Morgan fingerprint density at radius 3 is 2.54 bits per heavy atom. The van der Waals surface area contributed by atoms with E-state index in [9.17, 15) is 23.3 Å². The molecule has 0 saturated carbocycles. The second-order valence-electron chi connectivity index (χ2n) is 4.98. The lowest BCUT2D eigenvalue weighted by atomic mass is 10.2. The molecule has 26 heavy (non-hydrogen) atoms. The molecule has 0 aliphatic carbocycles. The van der Waals surface area contributed by atoms with Gasteiger partial charge in [0.25, 0.3) is 5.69 Å². The highest BCUT2D eigenvalue weighted by Crippen LogP contribution is 2.18. The Bertz CT molecular complexity index is 981. The fourth-order valence-electron chi connectivity index (χ4n) is 2.05. The minimum Gasteiger partial charge on any atom is -0.460 e. The number of para-hydroxylation sites is 1.